The van der Waals surface area contributed by atoms with Gasteiger partial charge in [-0.25, -0.2) is 9.97 Å². The van der Waals surface area contributed by atoms with Gasteiger partial charge in [0.15, 0.2) is 0 Å². The van der Waals surface area contributed by atoms with E-state index in [2.05, 4.69) is 14.9 Å². The smallest absolute Gasteiger partial charge is 0.227 e. The highest BCUT2D eigenvalue weighted by Crippen LogP contribution is 2.33. The Hall–Kier alpha value is -2.11. The minimum Gasteiger partial charge on any atom is -0.355 e. The van der Waals surface area contributed by atoms with E-state index in [1.54, 1.807) is 0 Å². The van der Waals surface area contributed by atoms with Crippen LogP contribution in [-0.2, 0) is 12.8 Å². The molecule has 2 aromatic rings. The summed E-state index contributed by atoms with van der Waals surface area (Å²) in [7, 11) is 4.05. The molecule has 1 N–H and O–H groups in total. The summed E-state index contributed by atoms with van der Waals surface area (Å²) in [4.78, 5) is 22.0. The molecule has 128 valence electrons. The number of piperidine rings is 1. The van der Waals surface area contributed by atoms with Crippen LogP contribution < -0.4 is 9.80 Å². The van der Waals surface area contributed by atoms with Crippen LogP contribution >= 0.6 is 0 Å². The molecule has 6 nitrogen and oxygen atoms in total. The van der Waals surface area contributed by atoms with Crippen LogP contribution in [-0.4, -0.2) is 47.1 Å². The summed E-state index contributed by atoms with van der Waals surface area (Å²) < 4.78 is 0. The molecule has 0 radical (unpaired) electrons. The predicted octanol–water partition coefficient (Wildman–Crippen LogP) is 2.53. The molecule has 24 heavy (non-hydrogen) atoms. The highest BCUT2D eigenvalue weighted by Gasteiger charge is 2.28. The van der Waals surface area contributed by atoms with Gasteiger partial charge in [-0.15, -0.1) is 0 Å². The minimum absolute atomic E-state index is 0.464. The number of rotatable bonds is 3. The second-order valence-electron chi connectivity index (χ2n) is 7.13. The Bertz CT molecular complexity index is 694. The molecule has 1 fully saturated rings. The lowest BCUT2D eigenvalue weighted by Crippen LogP contribution is -2.37. The highest BCUT2D eigenvalue weighted by molar-refractivity contribution is 5.54. The molecule has 1 atom stereocenters. The molecule has 0 amide bonds. The van der Waals surface area contributed by atoms with Crippen molar-refractivity contribution in [2.45, 2.75) is 44.4 Å². The van der Waals surface area contributed by atoms with E-state index in [0.29, 0.717) is 5.92 Å². The monoisotopic (exact) mass is 326 g/mol. The van der Waals surface area contributed by atoms with Gasteiger partial charge < -0.3 is 14.8 Å². The van der Waals surface area contributed by atoms with E-state index in [1.165, 1.54) is 42.8 Å². The fraction of sp³-hybridized carbons (Fsp3) is 0.611. The van der Waals surface area contributed by atoms with Crippen molar-refractivity contribution in [3.63, 3.8) is 0 Å². The Morgan fingerprint density at radius 3 is 2.83 bits per heavy atom. The van der Waals surface area contributed by atoms with E-state index in [1.807, 2.05) is 31.4 Å². The topological polar surface area (TPSA) is 60.9 Å². The maximum absolute atomic E-state index is 4.94. The van der Waals surface area contributed by atoms with Crippen LogP contribution in [0.15, 0.2) is 12.4 Å². The summed E-state index contributed by atoms with van der Waals surface area (Å²) in [6.07, 6.45) is 10.8. The van der Waals surface area contributed by atoms with E-state index in [9.17, 15) is 0 Å². The Morgan fingerprint density at radius 1 is 1.17 bits per heavy atom. The Morgan fingerprint density at radius 2 is 2.04 bits per heavy atom. The van der Waals surface area contributed by atoms with Crippen molar-refractivity contribution >= 4 is 11.8 Å². The van der Waals surface area contributed by atoms with Crippen molar-refractivity contribution in [3.05, 3.63) is 29.5 Å². The van der Waals surface area contributed by atoms with Crippen molar-refractivity contribution in [1.29, 1.82) is 0 Å². The molecule has 0 spiro atoms. The molecule has 1 aliphatic carbocycles. The van der Waals surface area contributed by atoms with E-state index in [-0.39, 0.29) is 0 Å². The van der Waals surface area contributed by atoms with E-state index >= 15 is 0 Å². The minimum atomic E-state index is 0.464. The molecule has 2 aliphatic rings. The first-order chi connectivity index (χ1) is 11.7. The van der Waals surface area contributed by atoms with Gasteiger partial charge in [0, 0.05) is 51.1 Å². The average Bonchev–Trinajstić information content (AvgIpc) is 3.15. The highest BCUT2D eigenvalue weighted by atomic mass is 15.3. The van der Waals surface area contributed by atoms with Crippen LogP contribution in [0.3, 0.4) is 0 Å². The van der Waals surface area contributed by atoms with E-state index in [4.69, 9.17) is 9.97 Å². The number of imidazole rings is 1. The summed E-state index contributed by atoms with van der Waals surface area (Å²) in [5.74, 6) is 3.58. The lowest BCUT2D eigenvalue weighted by molar-refractivity contribution is 0.488. The average molecular weight is 326 g/mol. The molecule has 4 rings (SSSR count). The molecule has 0 saturated carbocycles. The number of aromatic amines is 1. The van der Waals surface area contributed by atoms with E-state index in [0.717, 1.165) is 37.7 Å². The standard InChI is InChI=1S/C18H26N6/c1-23(2)18-21-15-8-4-3-7-14(15)17(22-18)24-11-5-6-13(12-24)16-19-9-10-20-16/h9-10,13H,3-8,11-12H2,1-2H3,(H,19,20)/t13-/m1/s1. The molecule has 6 heteroatoms. The number of nitrogens with one attached hydrogen (secondary N) is 1. The van der Waals surface area contributed by atoms with Crippen LogP contribution in [0.1, 0.15) is 48.7 Å². The number of hydrogen-bond acceptors (Lipinski definition) is 5. The zero-order valence-electron chi connectivity index (χ0n) is 14.6. The molecular weight excluding hydrogens is 300 g/mol. The van der Waals surface area contributed by atoms with Crippen LogP contribution in [0.4, 0.5) is 11.8 Å². The van der Waals surface area contributed by atoms with Crippen molar-refractivity contribution in [1.82, 2.24) is 19.9 Å². The Kier molecular flexibility index (Phi) is 4.12. The second-order valence-corrected chi connectivity index (χ2v) is 7.13. The second kappa shape index (κ2) is 6.42. The number of anilines is 2. The zero-order valence-corrected chi connectivity index (χ0v) is 14.6. The lowest BCUT2D eigenvalue weighted by atomic mass is 9.93. The number of hydrogen-bond donors (Lipinski definition) is 1. The SMILES string of the molecule is CN(C)c1nc2c(c(N3CCC[C@@H](c4ncc[nH]4)C3)n1)CCCC2. The summed E-state index contributed by atoms with van der Waals surface area (Å²) in [5.41, 5.74) is 2.64. The fourth-order valence-electron chi connectivity index (χ4n) is 3.92. The first kappa shape index (κ1) is 15.4. The van der Waals surface area contributed by atoms with Crippen molar-refractivity contribution < 1.29 is 0 Å². The first-order valence-electron chi connectivity index (χ1n) is 9.03. The van der Waals surface area contributed by atoms with Gasteiger partial charge in [0.1, 0.15) is 11.6 Å². The first-order valence-corrected chi connectivity index (χ1v) is 9.03. The maximum atomic E-state index is 4.94. The summed E-state index contributed by atoms with van der Waals surface area (Å²) in [6.45, 7) is 2.07. The summed E-state index contributed by atoms with van der Waals surface area (Å²) >= 11 is 0. The quantitative estimate of drug-likeness (QED) is 0.939. The van der Waals surface area contributed by atoms with Crippen molar-refractivity contribution in [3.8, 4) is 0 Å². The van der Waals surface area contributed by atoms with Gasteiger partial charge in [-0.3, -0.25) is 0 Å². The number of H-pyrrole nitrogens is 1. The summed E-state index contributed by atoms with van der Waals surface area (Å²) in [6, 6.07) is 0. The molecule has 0 aromatic carbocycles. The van der Waals surface area contributed by atoms with Gasteiger partial charge in [0.2, 0.25) is 5.95 Å². The van der Waals surface area contributed by atoms with Gasteiger partial charge in [0.05, 0.1) is 5.69 Å². The third-order valence-corrected chi connectivity index (χ3v) is 5.18. The van der Waals surface area contributed by atoms with E-state index < -0.39 is 0 Å². The van der Waals surface area contributed by atoms with Gasteiger partial charge >= 0.3 is 0 Å². The lowest BCUT2D eigenvalue weighted by Gasteiger charge is -2.35. The van der Waals surface area contributed by atoms with Gasteiger partial charge in [0.25, 0.3) is 0 Å². The molecule has 2 aromatic heterocycles. The molecule has 1 aliphatic heterocycles. The molecule has 0 unspecified atom stereocenters. The van der Waals surface area contributed by atoms with Gasteiger partial charge in [-0.2, -0.15) is 4.98 Å². The van der Waals surface area contributed by atoms with Gasteiger partial charge in [-0.05, 0) is 38.5 Å². The van der Waals surface area contributed by atoms with Crippen LogP contribution in [0.5, 0.6) is 0 Å². The van der Waals surface area contributed by atoms with Crippen LogP contribution in [0.2, 0.25) is 0 Å². The third-order valence-electron chi connectivity index (χ3n) is 5.18. The molecule has 1 saturated heterocycles. The van der Waals surface area contributed by atoms with Crippen molar-refractivity contribution in [2.24, 2.45) is 0 Å². The van der Waals surface area contributed by atoms with Crippen LogP contribution in [0.25, 0.3) is 0 Å². The Balaban J connectivity index is 1.68. The van der Waals surface area contributed by atoms with Crippen molar-refractivity contribution in [2.75, 3.05) is 37.0 Å². The predicted molar refractivity (Wildman–Crippen MR) is 95.8 cm³/mol. The zero-order chi connectivity index (χ0) is 16.5. The fourth-order valence-corrected chi connectivity index (χ4v) is 3.92. The molecule has 3 heterocycles. The number of aromatic nitrogens is 4. The third kappa shape index (κ3) is 2.85. The number of aryl methyl sites for hydroxylation is 1. The largest absolute Gasteiger partial charge is 0.355 e. The molecular formula is C18H26N6. The normalized spacial score (nSPS) is 20.8. The maximum Gasteiger partial charge on any atom is 0.227 e. The summed E-state index contributed by atoms with van der Waals surface area (Å²) in [5, 5.41) is 0. The van der Waals surface area contributed by atoms with Crippen LogP contribution in [0, 0.1) is 0 Å². The molecule has 0 bridgehead atoms. The Labute approximate surface area is 143 Å². The number of nitrogens with zero attached hydrogens (tertiary/aromatic N) is 5. The van der Waals surface area contributed by atoms with Gasteiger partial charge in [-0.1, -0.05) is 0 Å². The number of fused-ring (bicyclic) bond motifs is 1.